The van der Waals surface area contributed by atoms with E-state index in [1.807, 2.05) is 12.1 Å². The standard InChI is InChI=1S/C15H26N2/c1-4-17(12-13(2)3)11-5-6-14-7-9-15(16)10-8-14/h7-10,13H,4-6,11-12,16H2,1-3H3. The molecule has 1 aromatic rings. The van der Waals surface area contributed by atoms with Crippen LogP contribution in [-0.2, 0) is 6.42 Å². The maximum absolute atomic E-state index is 5.67. The molecule has 0 heterocycles. The summed E-state index contributed by atoms with van der Waals surface area (Å²) in [5.41, 5.74) is 7.91. The van der Waals surface area contributed by atoms with Crippen molar-refractivity contribution in [1.82, 2.24) is 4.90 Å². The molecular weight excluding hydrogens is 208 g/mol. The first-order valence-electron chi connectivity index (χ1n) is 6.68. The van der Waals surface area contributed by atoms with Gasteiger partial charge < -0.3 is 10.6 Å². The fourth-order valence-corrected chi connectivity index (χ4v) is 2.09. The molecule has 0 aliphatic heterocycles. The maximum atomic E-state index is 5.67. The zero-order valence-corrected chi connectivity index (χ0v) is 11.4. The van der Waals surface area contributed by atoms with E-state index in [-0.39, 0.29) is 0 Å². The number of anilines is 1. The van der Waals surface area contributed by atoms with Gasteiger partial charge in [0.05, 0.1) is 0 Å². The highest BCUT2D eigenvalue weighted by atomic mass is 15.1. The van der Waals surface area contributed by atoms with Crippen molar-refractivity contribution in [2.75, 3.05) is 25.4 Å². The molecule has 2 heteroatoms. The van der Waals surface area contributed by atoms with Gasteiger partial charge in [-0.05, 0) is 49.5 Å². The summed E-state index contributed by atoms with van der Waals surface area (Å²) >= 11 is 0. The minimum absolute atomic E-state index is 0.756. The quantitative estimate of drug-likeness (QED) is 0.734. The van der Waals surface area contributed by atoms with Gasteiger partial charge in [0.15, 0.2) is 0 Å². The van der Waals surface area contributed by atoms with Crippen LogP contribution in [0.1, 0.15) is 32.8 Å². The van der Waals surface area contributed by atoms with Crippen molar-refractivity contribution < 1.29 is 0 Å². The molecule has 96 valence electrons. The number of hydrogen-bond acceptors (Lipinski definition) is 2. The average molecular weight is 234 g/mol. The van der Waals surface area contributed by atoms with Crippen LogP contribution < -0.4 is 5.73 Å². The molecular formula is C15H26N2. The van der Waals surface area contributed by atoms with Crippen LogP contribution in [0, 0.1) is 5.92 Å². The molecule has 1 aromatic carbocycles. The molecule has 0 saturated heterocycles. The third kappa shape index (κ3) is 5.73. The van der Waals surface area contributed by atoms with E-state index >= 15 is 0 Å². The van der Waals surface area contributed by atoms with E-state index < -0.39 is 0 Å². The van der Waals surface area contributed by atoms with E-state index in [1.165, 1.54) is 25.1 Å². The Balaban J connectivity index is 2.28. The van der Waals surface area contributed by atoms with E-state index in [9.17, 15) is 0 Å². The Labute approximate surface area is 106 Å². The molecule has 0 fully saturated rings. The van der Waals surface area contributed by atoms with E-state index in [0.717, 1.165) is 24.6 Å². The molecule has 0 radical (unpaired) electrons. The summed E-state index contributed by atoms with van der Waals surface area (Å²) in [4.78, 5) is 2.53. The molecule has 0 saturated carbocycles. The molecule has 0 spiro atoms. The molecule has 0 aromatic heterocycles. The Hall–Kier alpha value is -1.02. The summed E-state index contributed by atoms with van der Waals surface area (Å²) < 4.78 is 0. The van der Waals surface area contributed by atoms with E-state index in [1.54, 1.807) is 0 Å². The summed E-state index contributed by atoms with van der Waals surface area (Å²) in [5, 5.41) is 0. The summed E-state index contributed by atoms with van der Waals surface area (Å²) in [6.45, 7) is 10.4. The zero-order valence-electron chi connectivity index (χ0n) is 11.4. The van der Waals surface area contributed by atoms with Crippen molar-refractivity contribution in [3.8, 4) is 0 Å². The van der Waals surface area contributed by atoms with Crippen LogP contribution in [0.5, 0.6) is 0 Å². The van der Waals surface area contributed by atoms with Gasteiger partial charge in [0.25, 0.3) is 0 Å². The van der Waals surface area contributed by atoms with Crippen molar-refractivity contribution in [2.24, 2.45) is 5.92 Å². The number of nitrogen functional groups attached to an aromatic ring is 1. The molecule has 0 amide bonds. The Morgan fingerprint density at radius 1 is 1.18 bits per heavy atom. The summed E-state index contributed by atoms with van der Waals surface area (Å²) in [6.07, 6.45) is 2.37. The second-order valence-corrected chi connectivity index (χ2v) is 5.13. The zero-order chi connectivity index (χ0) is 12.7. The number of aryl methyl sites for hydroxylation is 1. The van der Waals surface area contributed by atoms with E-state index in [2.05, 4.69) is 37.8 Å². The second kappa shape index (κ2) is 7.33. The molecule has 0 aliphatic carbocycles. The Morgan fingerprint density at radius 2 is 1.82 bits per heavy atom. The van der Waals surface area contributed by atoms with Crippen LogP contribution in [-0.4, -0.2) is 24.5 Å². The number of nitrogens with zero attached hydrogens (tertiary/aromatic N) is 1. The van der Waals surface area contributed by atoms with E-state index in [4.69, 9.17) is 5.73 Å². The van der Waals surface area contributed by atoms with Gasteiger partial charge in [-0.15, -0.1) is 0 Å². The molecule has 0 aliphatic rings. The SMILES string of the molecule is CCN(CCCc1ccc(N)cc1)CC(C)C. The fourth-order valence-electron chi connectivity index (χ4n) is 2.09. The largest absolute Gasteiger partial charge is 0.399 e. The van der Waals surface area contributed by atoms with Gasteiger partial charge in [-0.1, -0.05) is 32.9 Å². The van der Waals surface area contributed by atoms with Crippen LogP contribution in [0.4, 0.5) is 5.69 Å². The Morgan fingerprint density at radius 3 is 2.35 bits per heavy atom. The van der Waals surface area contributed by atoms with E-state index in [0.29, 0.717) is 0 Å². The molecule has 2 N–H and O–H groups in total. The van der Waals surface area contributed by atoms with Gasteiger partial charge in [-0.2, -0.15) is 0 Å². The Kier molecular flexibility index (Phi) is 6.06. The number of rotatable bonds is 7. The molecule has 0 bridgehead atoms. The lowest BCUT2D eigenvalue weighted by Gasteiger charge is -2.22. The van der Waals surface area contributed by atoms with Gasteiger partial charge in [0.1, 0.15) is 0 Å². The fraction of sp³-hybridized carbons (Fsp3) is 0.600. The number of benzene rings is 1. The highest BCUT2D eigenvalue weighted by Gasteiger charge is 2.04. The average Bonchev–Trinajstić information content (AvgIpc) is 2.30. The number of hydrogen-bond donors (Lipinski definition) is 1. The van der Waals surface area contributed by atoms with Crippen LogP contribution in [0.15, 0.2) is 24.3 Å². The molecule has 2 nitrogen and oxygen atoms in total. The predicted molar refractivity (Wildman–Crippen MR) is 76.1 cm³/mol. The Bertz CT molecular complexity index is 303. The van der Waals surface area contributed by atoms with Gasteiger partial charge in [-0.3, -0.25) is 0 Å². The maximum Gasteiger partial charge on any atom is 0.0314 e. The minimum atomic E-state index is 0.756. The van der Waals surface area contributed by atoms with Gasteiger partial charge in [-0.25, -0.2) is 0 Å². The smallest absolute Gasteiger partial charge is 0.0314 e. The third-order valence-corrected chi connectivity index (χ3v) is 2.99. The summed E-state index contributed by atoms with van der Waals surface area (Å²) in [7, 11) is 0. The van der Waals surface area contributed by atoms with Crippen molar-refractivity contribution in [3.63, 3.8) is 0 Å². The van der Waals surface area contributed by atoms with Crippen LogP contribution in [0.25, 0.3) is 0 Å². The van der Waals surface area contributed by atoms with Crippen LogP contribution in [0.2, 0.25) is 0 Å². The highest BCUT2D eigenvalue weighted by Crippen LogP contribution is 2.08. The van der Waals surface area contributed by atoms with Crippen LogP contribution >= 0.6 is 0 Å². The summed E-state index contributed by atoms with van der Waals surface area (Å²) in [6, 6.07) is 8.24. The molecule has 0 unspecified atom stereocenters. The lowest BCUT2D eigenvalue weighted by molar-refractivity contribution is 0.253. The first-order valence-corrected chi connectivity index (χ1v) is 6.68. The topological polar surface area (TPSA) is 29.3 Å². The first kappa shape index (κ1) is 14.0. The van der Waals surface area contributed by atoms with Crippen LogP contribution in [0.3, 0.4) is 0 Å². The predicted octanol–water partition coefficient (Wildman–Crippen LogP) is 3.18. The normalized spacial score (nSPS) is 11.4. The van der Waals surface area contributed by atoms with Crippen molar-refractivity contribution in [2.45, 2.75) is 33.6 Å². The van der Waals surface area contributed by atoms with Gasteiger partial charge in [0, 0.05) is 12.2 Å². The van der Waals surface area contributed by atoms with Gasteiger partial charge in [0.2, 0.25) is 0 Å². The second-order valence-electron chi connectivity index (χ2n) is 5.13. The molecule has 17 heavy (non-hydrogen) atoms. The monoisotopic (exact) mass is 234 g/mol. The third-order valence-electron chi connectivity index (χ3n) is 2.99. The molecule has 1 rings (SSSR count). The number of nitrogens with two attached hydrogens (primary N) is 1. The highest BCUT2D eigenvalue weighted by molar-refractivity contribution is 5.39. The van der Waals surface area contributed by atoms with Crippen molar-refractivity contribution in [3.05, 3.63) is 29.8 Å². The lowest BCUT2D eigenvalue weighted by Crippen LogP contribution is -2.28. The van der Waals surface area contributed by atoms with Gasteiger partial charge >= 0.3 is 0 Å². The minimum Gasteiger partial charge on any atom is -0.399 e. The summed E-state index contributed by atoms with van der Waals surface area (Å²) in [5.74, 6) is 0.756. The lowest BCUT2D eigenvalue weighted by atomic mass is 10.1. The molecule has 0 atom stereocenters. The van der Waals surface area contributed by atoms with Crippen molar-refractivity contribution >= 4 is 5.69 Å². The first-order chi connectivity index (χ1) is 8.11. The van der Waals surface area contributed by atoms with Crippen molar-refractivity contribution in [1.29, 1.82) is 0 Å².